The summed E-state index contributed by atoms with van der Waals surface area (Å²) in [6, 6.07) is 3.46. The molecule has 2 aromatic rings. The second-order valence-electron chi connectivity index (χ2n) is 7.71. The Morgan fingerprint density at radius 3 is 2.89 bits per heavy atom. The fourth-order valence-corrected chi connectivity index (χ4v) is 4.83. The van der Waals surface area contributed by atoms with Gasteiger partial charge in [0.1, 0.15) is 11.5 Å². The standard InChI is InChI=1S/C20H21F2N3O2/c21-13-5-6-16(15(22)9-13)25-19-12-4-3-11(8-12)17(19)18(24-25)20(26)23-10-14-2-1-7-27-14/h5-6,9,11-12,14H,1-4,7-8,10H2,(H,23,26)/t11-,12-,14?/m0/s1. The zero-order chi connectivity index (χ0) is 18.5. The molecule has 1 aromatic carbocycles. The van der Waals surface area contributed by atoms with E-state index < -0.39 is 11.6 Å². The molecule has 1 saturated heterocycles. The number of hydrogen-bond acceptors (Lipinski definition) is 3. The summed E-state index contributed by atoms with van der Waals surface area (Å²) in [4.78, 5) is 12.8. The molecule has 3 aliphatic rings. The van der Waals surface area contributed by atoms with Gasteiger partial charge in [-0.05, 0) is 50.2 Å². The smallest absolute Gasteiger partial charge is 0.272 e. The molecule has 2 aliphatic carbocycles. The first-order valence-corrected chi connectivity index (χ1v) is 9.60. The Balaban J connectivity index is 1.51. The molecule has 1 unspecified atom stereocenters. The number of halogens is 2. The van der Waals surface area contributed by atoms with Crippen molar-refractivity contribution >= 4 is 5.91 Å². The molecular weight excluding hydrogens is 352 g/mol. The summed E-state index contributed by atoms with van der Waals surface area (Å²) in [5, 5.41) is 7.41. The van der Waals surface area contributed by atoms with E-state index in [-0.39, 0.29) is 23.6 Å². The van der Waals surface area contributed by atoms with Crippen LogP contribution in [0, 0.1) is 11.6 Å². The van der Waals surface area contributed by atoms with E-state index in [9.17, 15) is 13.6 Å². The number of benzene rings is 1. The summed E-state index contributed by atoms with van der Waals surface area (Å²) in [7, 11) is 0. The second-order valence-corrected chi connectivity index (χ2v) is 7.71. The van der Waals surface area contributed by atoms with Crippen molar-refractivity contribution in [1.82, 2.24) is 15.1 Å². The van der Waals surface area contributed by atoms with Crippen molar-refractivity contribution in [2.75, 3.05) is 13.2 Å². The van der Waals surface area contributed by atoms with Gasteiger partial charge in [0.25, 0.3) is 5.91 Å². The van der Waals surface area contributed by atoms with Gasteiger partial charge in [-0.2, -0.15) is 5.10 Å². The van der Waals surface area contributed by atoms with Crippen molar-refractivity contribution in [3.8, 4) is 5.69 Å². The van der Waals surface area contributed by atoms with Crippen LogP contribution in [0.2, 0.25) is 0 Å². The fourth-order valence-electron chi connectivity index (χ4n) is 4.83. The number of nitrogens with one attached hydrogen (secondary N) is 1. The summed E-state index contributed by atoms with van der Waals surface area (Å²) >= 11 is 0. The summed E-state index contributed by atoms with van der Waals surface area (Å²) in [6.45, 7) is 1.19. The van der Waals surface area contributed by atoms with Crippen LogP contribution in [0.1, 0.15) is 65.7 Å². The number of carbonyl (C=O) groups is 1. The Bertz CT molecular complexity index is 905. The van der Waals surface area contributed by atoms with Gasteiger partial charge >= 0.3 is 0 Å². The van der Waals surface area contributed by atoms with Gasteiger partial charge in [0, 0.05) is 30.7 Å². The van der Waals surface area contributed by atoms with Crippen LogP contribution in [0.25, 0.3) is 5.69 Å². The summed E-state index contributed by atoms with van der Waals surface area (Å²) < 4.78 is 34.8. The number of amides is 1. The number of rotatable bonds is 4. The van der Waals surface area contributed by atoms with E-state index in [1.807, 2.05) is 0 Å². The van der Waals surface area contributed by atoms with Crippen LogP contribution in [-0.4, -0.2) is 34.9 Å². The molecule has 0 spiro atoms. The topological polar surface area (TPSA) is 56.1 Å². The second kappa shape index (κ2) is 6.41. The van der Waals surface area contributed by atoms with Gasteiger partial charge in [0.05, 0.1) is 11.8 Å². The maximum absolute atomic E-state index is 14.4. The highest BCUT2D eigenvalue weighted by atomic mass is 19.1. The number of fused-ring (bicyclic) bond motifs is 5. The first kappa shape index (κ1) is 16.9. The molecule has 1 aromatic heterocycles. The molecule has 2 heterocycles. The number of hydrogen-bond donors (Lipinski definition) is 1. The van der Waals surface area contributed by atoms with Gasteiger partial charge in [-0.15, -0.1) is 0 Å². The van der Waals surface area contributed by atoms with E-state index in [1.165, 1.54) is 16.8 Å². The zero-order valence-corrected chi connectivity index (χ0v) is 14.9. The minimum Gasteiger partial charge on any atom is -0.376 e. The van der Waals surface area contributed by atoms with Crippen LogP contribution in [0.4, 0.5) is 8.78 Å². The molecule has 142 valence electrons. The van der Waals surface area contributed by atoms with Gasteiger partial charge in [-0.25, -0.2) is 13.5 Å². The molecule has 7 heteroatoms. The van der Waals surface area contributed by atoms with Crippen LogP contribution in [0.3, 0.4) is 0 Å². The molecule has 2 bridgehead atoms. The third-order valence-electron chi connectivity index (χ3n) is 6.05. The third-order valence-corrected chi connectivity index (χ3v) is 6.05. The number of nitrogens with zero attached hydrogens (tertiary/aromatic N) is 2. The van der Waals surface area contributed by atoms with E-state index in [2.05, 4.69) is 10.4 Å². The van der Waals surface area contributed by atoms with Gasteiger partial charge in [0.15, 0.2) is 11.5 Å². The summed E-state index contributed by atoms with van der Waals surface area (Å²) in [6.07, 6.45) is 5.03. The minimum atomic E-state index is -0.672. The van der Waals surface area contributed by atoms with E-state index in [0.717, 1.165) is 56.0 Å². The van der Waals surface area contributed by atoms with E-state index in [4.69, 9.17) is 4.74 Å². The lowest BCUT2D eigenvalue weighted by Crippen LogP contribution is -2.32. The summed E-state index contributed by atoms with van der Waals surface area (Å²) in [5.41, 5.74) is 2.43. The molecule has 1 aliphatic heterocycles. The van der Waals surface area contributed by atoms with Crippen LogP contribution in [0.15, 0.2) is 18.2 Å². The third kappa shape index (κ3) is 2.76. The molecule has 27 heavy (non-hydrogen) atoms. The predicted octanol–water partition coefficient (Wildman–Crippen LogP) is 3.42. The molecular formula is C20H21F2N3O2. The number of aromatic nitrogens is 2. The molecule has 1 amide bonds. The van der Waals surface area contributed by atoms with Crippen LogP contribution in [0.5, 0.6) is 0 Å². The molecule has 5 rings (SSSR count). The molecule has 1 saturated carbocycles. The van der Waals surface area contributed by atoms with Crippen LogP contribution < -0.4 is 5.32 Å². The number of carbonyl (C=O) groups excluding carboxylic acids is 1. The van der Waals surface area contributed by atoms with Crippen molar-refractivity contribution in [2.45, 2.75) is 50.0 Å². The molecule has 1 N–H and O–H groups in total. The largest absolute Gasteiger partial charge is 0.376 e. The van der Waals surface area contributed by atoms with Crippen molar-refractivity contribution in [3.63, 3.8) is 0 Å². The quantitative estimate of drug-likeness (QED) is 0.893. The van der Waals surface area contributed by atoms with Crippen LogP contribution in [-0.2, 0) is 4.74 Å². The molecule has 0 radical (unpaired) electrons. The Kier molecular flexibility index (Phi) is 4.00. The molecule has 3 atom stereocenters. The monoisotopic (exact) mass is 373 g/mol. The van der Waals surface area contributed by atoms with Gasteiger partial charge in [-0.1, -0.05) is 0 Å². The number of ether oxygens (including phenoxy) is 1. The Morgan fingerprint density at radius 1 is 1.26 bits per heavy atom. The molecule has 2 fully saturated rings. The highest BCUT2D eigenvalue weighted by molar-refractivity contribution is 5.94. The SMILES string of the molecule is O=C(NCC1CCCO1)c1nn(-c2ccc(F)cc2F)c2c1[C@H]1CC[C@H]2C1. The van der Waals surface area contributed by atoms with E-state index in [1.54, 1.807) is 0 Å². The van der Waals surface area contributed by atoms with Crippen LogP contribution >= 0.6 is 0 Å². The summed E-state index contributed by atoms with van der Waals surface area (Å²) in [5.74, 6) is -0.964. The average molecular weight is 373 g/mol. The predicted molar refractivity (Wildman–Crippen MR) is 94.1 cm³/mol. The molecule has 5 nitrogen and oxygen atoms in total. The average Bonchev–Trinajstić information content (AvgIpc) is 3.41. The lowest BCUT2D eigenvalue weighted by Gasteiger charge is -2.14. The normalized spacial score (nSPS) is 25.8. The fraction of sp³-hybridized carbons (Fsp3) is 0.500. The van der Waals surface area contributed by atoms with E-state index >= 15 is 0 Å². The van der Waals surface area contributed by atoms with E-state index in [0.29, 0.717) is 18.2 Å². The first-order chi connectivity index (χ1) is 13.1. The lowest BCUT2D eigenvalue weighted by molar-refractivity contribution is 0.0852. The van der Waals surface area contributed by atoms with Crippen molar-refractivity contribution in [1.29, 1.82) is 0 Å². The van der Waals surface area contributed by atoms with Gasteiger partial charge in [0.2, 0.25) is 0 Å². The van der Waals surface area contributed by atoms with Crippen molar-refractivity contribution in [3.05, 3.63) is 46.8 Å². The minimum absolute atomic E-state index is 0.0510. The van der Waals surface area contributed by atoms with Crippen molar-refractivity contribution < 1.29 is 18.3 Å². The Labute approximate surface area is 155 Å². The lowest BCUT2D eigenvalue weighted by atomic mass is 9.95. The highest BCUT2D eigenvalue weighted by Gasteiger charge is 2.44. The zero-order valence-electron chi connectivity index (χ0n) is 14.9. The van der Waals surface area contributed by atoms with Crippen molar-refractivity contribution in [2.24, 2.45) is 0 Å². The van der Waals surface area contributed by atoms with Gasteiger partial charge in [-0.3, -0.25) is 4.79 Å². The van der Waals surface area contributed by atoms with Gasteiger partial charge < -0.3 is 10.1 Å². The highest BCUT2D eigenvalue weighted by Crippen LogP contribution is 2.54. The maximum atomic E-state index is 14.4. The Hall–Kier alpha value is -2.28. The Morgan fingerprint density at radius 2 is 2.11 bits per heavy atom. The maximum Gasteiger partial charge on any atom is 0.272 e. The first-order valence-electron chi connectivity index (χ1n) is 9.60.